The van der Waals surface area contributed by atoms with Crippen molar-refractivity contribution < 1.29 is 4.74 Å². The molecule has 1 atom stereocenters. The first-order valence-electron chi connectivity index (χ1n) is 9.43. The number of ether oxygens (including phenoxy) is 1. The molecule has 142 valence electrons. The van der Waals surface area contributed by atoms with Gasteiger partial charge in [-0.3, -0.25) is 9.36 Å². The minimum atomic E-state index is 0.107. The highest BCUT2D eigenvalue weighted by Crippen LogP contribution is 2.35. The Hall–Kier alpha value is -1.85. The fourth-order valence-electron chi connectivity index (χ4n) is 3.73. The van der Waals surface area contributed by atoms with Crippen LogP contribution < -0.4 is 10.3 Å². The first-order chi connectivity index (χ1) is 13.0. The third-order valence-corrected chi connectivity index (χ3v) is 6.61. The predicted molar refractivity (Wildman–Crippen MR) is 111 cm³/mol. The molecule has 4 rings (SSSR count). The molecule has 3 aromatic rings. The number of thiophene rings is 1. The third-order valence-electron chi connectivity index (χ3n) is 5.21. The first kappa shape index (κ1) is 18.5. The van der Waals surface area contributed by atoms with Crippen molar-refractivity contribution >= 4 is 33.2 Å². The molecule has 2 aromatic heterocycles. The van der Waals surface area contributed by atoms with Gasteiger partial charge < -0.3 is 4.74 Å². The quantitative estimate of drug-likeness (QED) is 0.563. The van der Waals surface area contributed by atoms with Crippen molar-refractivity contribution in [3.8, 4) is 5.75 Å². The summed E-state index contributed by atoms with van der Waals surface area (Å²) in [4.78, 5) is 20.1. The van der Waals surface area contributed by atoms with Crippen LogP contribution in [0.25, 0.3) is 10.2 Å². The molecule has 6 heteroatoms. The van der Waals surface area contributed by atoms with E-state index in [1.807, 2.05) is 31.2 Å². The number of aromatic nitrogens is 2. The van der Waals surface area contributed by atoms with Crippen LogP contribution in [0.3, 0.4) is 0 Å². The highest BCUT2D eigenvalue weighted by Gasteiger charge is 2.23. The van der Waals surface area contributed by atoms with Crippen LogP contribution in [0, 0.1) is 12.8 Å². The van der Waals surface area contributed by atoms with Crippen LogP contribution in [0.1, 0.15) is 36.0 Å². The van der Waals surface area contributed by atoms with Crippen LogP contribution >= 0.6 is 22.9 Å². The summed E-state index contributed by atoms with van der Waals surface area (Å²) in [6, 6.07) is 7.33. The molecule has 1 aliphatic carbocycles. The number of hydrogen-bond donors (Lipinski definition) is 0. The summed E-state index contributed by atoms with van der Waals surface area (Å²) in [5.41, 5.74) is 1.35. The van der Waals surface area contributed by atoms with Crippen molar-refractivity contribution in [2.45, 2.75) is 46.1 Å². The van der Waals surface area contributed by atoms with Crippen LogP contribution in [-0.2, 0) is 19.4 Å². The van der Waals surface area contributed by atoms with Gasteiger partial charge in [0.25, 0.3) is 5.56 Å². The fraction of sp³-hybridized carbons (Fsp3) is 0.429. The largest absolute Gasteiger partial charge is 0.494 e. The van der Waals surface area contributed by atoms with Crippen molar-refractivity contribution in [2.75, 3.05) is 6.61 Å². The van der Waals surface area contributed by atoms with Gasteiger partial charge in [0.05, 0.1) is 12.0 Å². The molecule has 0 radical (unpaired) electrons. The molecule has 0 saturated heterocycles. The van der Waals surface area contributed by atoms with Crippen LogP contribution in [0.2, 0.25) is 5.02 Å². The molecule has 0 aliphatic heterocycles. The third kappa shape index (κ3) is 3.76. The molecule has 2 heterocycles. The van der Waals surface area contributed by atoms with Crippen molar-refractivity contribution in [3.05, 3.63) is 55.9 Å². The molecular formula is C21H23ClN2O2S. The van der Waals surface area contributed by atoms with E-state index in [1.54, 1.807) is 15.9 Å². The molecule has 1 unspecified atom stereocenters. The standard InChI is InChI=1S/C21H23ClN2O2S/c1-13-4-9-17-18(12-13)27-20-19(17)21(25)24(14(2)23-20)10-3-11-26-16-7-5-15(22)6-8-16/h5-8,13H,3-4,9-12H2,1-2H3. The molecule has 4 nitrogen and oxygen atoms in total. The van der Waals surface area contributed by atoms with E-state index in [0.29, 0.717) is 24.1 Å². The Kier molecular flexibility index (Phi) is 5.24. The average Bonchev–Trinajstić information content (AvgIpc) is 2.99. The van der Waals surface area contributed by atoms with Crippen LogP contribution in [-0.4, -0.2) is 16.2 Å². The average molecular weight is 403 g/mol. The highest BCUT2D eigenvalue weighted by molar-refractivity contribution is 7.18. The number of hydrogen-bond acceptors (Lipinski definition) is 4. The second kappa shape index (κ2) is 7.64. The van der Waals surface area contributed by atoms with E-state index in [-0.39, 0.29) is 5.56 Å². The summed E-state index contributed by atoms with van der Waals surface area (Å²) < 4.78 is 7.55. The number of halogens is 1. The van der Waals surface area contributed by atoms with Crippen molar-refractivity contribution in [3.63, 3.8) is 0 Å². The molecule has 0 amide bonds. The van der Waals surface area contributed by atoms with E-state index in [4.69, 9.17) is 21.3 Å². The number of benzene rings is 1. The molecule has 1 aromatic carbocycles. The normalized spacial score (nSPS) is 16.5. The lowest BCUT2D eigenvalue weighted by Gasteiger charge is -2.17. The summed E-state index contributed by atoms with van der Waals surface area (Å²) >= 11 is 7.59. The van der Waals surface area contributed by atoms with Gasteiger partial charge in [0.15, 0.2) is 0 Å². The van der Waals surface area contributed by atoms with Gasteiger partial charge in [-0.1, -0.05) is 18.5 Å². The zero-order valence-electron chi connectivity index (χ0n) is 15.6. The minimum Gasteiger partial charge on any atom is -0.494 e. The molecule has 0 bridgehead atoms. The van der Waals surface area contributed by atoms with E-state index < -0.39 is 0 Å². The Balaban J connectivity index is 1.51. The summed E-state index contributed by atoms with van der Waals surface area (Å²) in [5, 5.41) is 1.54. The van der Waals surface area contributed by atoms with E-state index >= 15 is 0 Å². The monoisotopic (exact) mass is 402 g/mol. The number of aryl methyl sites for hydroxylation is 2. The zero-order valence-corrected chi connectivity index (χ0v) is 17.2. The Labute approximate surface area is 167 Å². The molecule has 0 saturated carbocycles. The molecule has 0 N–H and O–H groups in total. The van der Waals surface area contributed by atoms with Gasteiger partial charge in [-0.25, -0.2) is 4.98 Å². The van der Waals surface area contributed by atoms with E-state index in [1.165, 1.54) is 10.4 Å². The van der Waals surface area contributed by atoms with E-state index in [2.05, 4.69) is 6.92 Å². The van der Waals surface area contributed by atoms with Gasteiger partial charge in [-0.15, -0.1) is 11.3 Å². The molecule has 0 spiro atoms. The lowest BCUT2D eigenvalue weighted by Crippen LogP contribution is -2.25. The number of rotatable bonds is 5. The summed E-state index contributed by atoms with van der Waals surface area (Å²) in [7, 11) is 0. The topological polar surface area (TPSA) is 44.1 Å². The molecule has 1 aliphatic rings. The zero-order chi connectivity index (χ0) is 19.0. The summed E-state index contributed by atoms with van der Waals surface area (Å²) in [6.07, 6.45) is 3.97. The smallest absolute Gasteiger partial charge is 0.262 e. The second-order valence-corrected chi connectivity index (χ2v) is 8.82. The van der Waals surface area contributed by atoms with Gasteiger partial charge in [0.1, 0.15) is 16.4 Å². The van der Waals surface area contributed by atoms with Gasteiger partial charge >= 0.3 is 0 Å². The van der Waals surface area contributed by atoms with E-state index in [9.17, 15) is 4.79 Å². The van der Waals surface area contributed by atoms with E-state index in [0.717, 1.165) is 47.5 Å². The van der Waals surface area contributed by atoms with Crippen LogP contribution in [0.5, 0.6) is 5.75 Å². The Morgan fingerprint density at radius 3 is 2.89 bits per heavy atom. The van der Waals surface area contributed by atoms with Crippen molar-refractivity contribution in [1.82, 2.24) is 9.55 Å². The van der Waals surface area contributed by atoms with Crippen LogP contribution in [0.4, 0.5) is 0 Å². The summed E-state index contributed by atoms with van der Waals surface area (Å²) in [5.74, 6) is 2.27. The predicted octanol–water partition coefficient (Wildman–Crippen LogP) is 5.01. The lowest BCUT2D eigenvalue weighted by molar-refractivity contribution is 0.300. The van der Waals surface area contributed by atoms with Gasteiger partial charge in [0, 0.05) is 16.4 Å². The SMILES string of the molecule is Cc1nc2sc3c(c2c(=O)n1CCCOc1ccc(Cl)cc1)CCC(C)C3. The van der Waals surface area contributed by atoms with Gasteiger partial charge in [-0.05, 0) is 68.4 Å². The Bertz CT molecular complexity index is 1020. The van der Waals surface area contributed by atoms with Crippen molar-refractivity contribution in [2.24, 2.45) is 5.92 Å². The second-order valence-electron chi connectivity index (χ2n) is 7.30. The van der Waals surface area contributed by atoms with Gasteiger partial charge in [-0.2, -0.15) is 0 Å². The Morgan fingerprint density at radius 2 is 2.11 bits per heavy atom. The molecule has 27 heavy (non-hydrogen) atoms. The van der Waals surface area contributed by atoms with Gasteiger partial charge in [0.2, 0.25) is 0 Å². The lowest BCUT2D eigenvalue weighted by atomic mass is 9.89. The number of fused-ring (bicyclic) bond motifs is 3. The number of nitrogens with zero attached hydrogens (tertiary/aromatic N) is 2. The Morgan fingerprint density at radius 1 is 1.33 bits per heavy atom. The minimum absolute atomic E-state index is 0.107. The first-order valence-corrected chi connectivity index (χ1v) is 10.6. The highest BCUT2D eigenvalue weighted by atomic mass is 35.5. The maximum atomic E-state index is 13.1. The maximum absolute atomic E-state index is 13.1. The van der Waals surface area contributed by atoms with Crippen molar-refractivity contribution in [1.29, 1.82) is 0 Å². The fourth-order valence-corrected chi connectivity index (χ4v) is 5.28. The maximum Gasteiger partial charge on any atom is 0.262 e. The molecule has 0 fully saturated rings. The van der Waals surface area contributed by atoms with Crippen LogP contribution in [0.15, 0.2) is 29.1 Å². The molecular weight excluding hydrogens is 380 g/mol. The summed E-state index contributed by atoms with van der Waals surface area (Å²) in [6.45, 7) is 5.36.